The lowest BCUT2D eigenvalue weighted by atomic mass is 9.73. The molecule has 0 bridgehead atoms. The van der Waals surface area contributed by atoms with Crippen LogP contribution in [0.3, 0.4) is 0 Å². The summed E-state index contributed by atoms with van der Waals surface area (Å²) in [6.07, 6.45) is 1.26. The molecule has 3 N–H and O–H groups in total. The van der Waals surface area contributed by atoms with E-state index in [2.05, 4.69) is 5.32 Å². The molecule has 1 fully saturated rings. The minimum atomic E-state index is -1.92. The van der Waals surface area contributed by atoms with Gasteiger partial charge in [0.15, 0.2) is 0 Å². The molecule has 1 aromatic rings. The Morgan fingerprint density at radius 3 is 2.17 bits per heavy atom. The average molecular weight is 492 g/mol. The number of likely N-dealkylation sites (N-methyl/N-ethyl adjacent to an activating group) is 1. The van der Waals surface area contributed by atoms with Gasteiger partial charge in [0.1, 0.15) is 18.8 Å². The highest BCUT2D eigenvalue weighted by atomic mass is 16.6. The van der Waals surface area contributed by atoms with E-state index >= 15 is 0 Å². The number of hydrogen-bond acceptors (Lipinski definition) is 8. The van der Waals surface area contributed by atoms with Gasteiger partial charge in [-0.2, -0.15) is 0 Å². The van der Waals surface area contributed by atoms with E-state index in [1.165, 1.54) is 19.1 Å². The zero-order valence-corrected chi connectivity index (χ0v) is 21.2. The van der Waals surface area contributed by atoms with Crippen molar-refractivity contribution in [1.82, 2.24) is 10.2 Å². The van der Waals surface area contributed by atoms with Crippen LogP contribution in [-0.2, 0) is 35.2 Å². The zero-order valence-electron chi connectivity index (χ0n) is 21.2. The molecule has 194 valence electrons. The Bertz CT molecular complexity index is 892. The first-order chi connectivity index (χ1) is 16.4. The number of carbonyl (C=O) groups excluding carboxylic acids is 4. The van der Waals surface area contributed by atoms with E-state index in [4.69, 9.17) is 19.9 Å². The molecule has 0 heterocycles. The van der Waals surface area contributed by atoms with Gasteiger partial charge in [-0.15, -0.1) is 0 Å². The fraction of sp³-hybridized carbons (Fsp3) is 0.600. The molecule has 1 aliphatic carbocycles. The Hall–Kier alpha value is -3.14. The van der Waals surface area contributed by atoms with Crippen LogP contribution in [0.15, 0.2) is 30.3 Å². The van der Waals surface area contributed by atoms with Crippen molar-refractivity contribution in [2.75, 3.05) is 20.7 Å². The van der Waals surface area contributed by atoms with E-state index in [9.17, 15) is 19.2 Å². The monoisotopic (exact) mass is 491 g/mol. The van der Waals surface area contributed by atoms with Crippen molar-refractivity contribution in [3.8, 4) is 0 Å². The summed E-state index contributed by atoms with van der Waals surface area (Å²) < 4.78 is 15.5. The van der Waals surface area contributed by atoms with Crippen LogP contribution in [0, 0.1) is 5.92 Å². The second-order valence-corrected chi connectivity index (χ2v) is 9.87. The summed E-state index contributed by atoms with van der Waals surface area (Å²) in [5.41, 5.74) is 4.42. The summed E-state index contributed by atoms with van der Waals surface area (Å²) in [4.78, 5) is 51.1. The molecule has 0 aromatic heterocycles. The highest BCUT2D eigenvalue weighted by Gasteiger charge is 2.53. The molecule has 0 aliphatic heterocycles. The number of carbonyl (C=O) groups is 4. The zero-order chi connectivity index (χ0) is 26.2. The maximum absolute atomic E-state index is 12.8. The lowest BCUT2D eigenvalue weighted by Gasteiger charge is -2.38. The summed E-state index contributed by atoms with van der Waals surface area (Å²) in [7, 11) is 2.67. The third-order valence-electron chi connectivity index (χ3n) is 5.89. The van der Waals surface area contributed by atoms with Crippen LogP contribution in [0.1, 0.15) is 52.0 Å². The second-order valence-electron chi connectivity index (χ2n) is 9.87. The van der Waals surface area contributed by atoms with E-state index in [1.54, 1.807) is 20.8 Å². The lowest BCUT2D eigenvalue weighted by molar-refractivity contribution is -0.174. The fourth-order valence-electron chi connectivity index (χ4n) is 4.02. The van der Waals surface area contributed by atoms with Crippen molar-refractivity contribution < 1.29 is 33.4 Å². The van der Waals surface area contributed by atoms with Gasteiger partial charge in [-0.05, 0) is 57.9 Å². The first-order valence-electron chi connectivity index (χ1n) is 11.7. The van der Waals surface area contributed by atoms with Crippen LogP contribution in [0.25, 0.3) is 0 Å². The molecule has 0 unspecified atom stereocenters. The van der Waals surface area contributed by atoms with Gasteiger partial charge >= 0.3 is 18.0 Å². The first-order valence-corrected chi connectivity index (χ1v) is 11.7. The van der Waals surface area contributed by atoms with E-state index in [0.29, 0.717) is 25.7 Å². The van der Waals surface area contributed by atoms with Crippen molar-refractivity contribution in [2.24, 2.45) is 11.7 Å². The van der Waals surface area contributed by atoms with Crippen molar-refractivity contribution in [2.45, 2.75) is 70.2 Å². The Morgan fingerprint density at radius 1 is 1.03 bits per heavy atom. The molecule has 1 aliphatic rings. The number of nitrogens with zero attached hydrogens (tertiary/aromatic N) is 1. The van der Waals surface area contributed by atoms with Crippen LogP contribution in [0.2, 0.25) is 0 Å². The predicted molar refractivity (Wildman–Crippen MR) is 128 cm³/mol. The number of benzene rings is 1. The Morgan fingerprint density at radius 2 is 1.63 bits per heavy atom. The fourth-order valence-corrected chi connectivity index (χ4v) is 4.02. The molecular formula is C25H37N3O7. The van der Waals surface area contributed by atoms with Gasteiger partial charge in [0.25, 0.3) is 0 Å². The van der Waals surface area contributed by atoms with Gasteiger partial charge in [-0.3, -0.25) is 4.79 Å². The minimum Gasteiger partial charge on any atom is -0.467 e. The number of methoxy groups -OCH3 is 1. The largest absolute Gasteiger partial charge is 0.467 e. The molecule has 1 aromatic carbocycles. The predicted octanol–water partition coefficient (Wildman–Crippen LogP) is 2.14. The molecule has 0 spiro atoms. The van der Waals surface area contributed by atoms with Crippen LogP contribution >= 0.6 is 0 Å². The number of amides is 2. The minimum absolute atomic E-state index is 0.119. The third kappa shape index (κ3) is 7.95. The highest BCUT2D eigenvalue weighted by Crippen LogP contribution is 2.34. The van der Waals surface area contributed by atoms with Crippen molar-refractivity contribution >= 4 is 23.9 Å². The van der Waals surface area contributed by atoms with Crippen LogP contribution in [0.4, 0.5) is 4.79 Å². The van der Waals surface area contributed by atoms with E-state index < -0.39 is 35.1 Å². The van der Waals surface area contributed by atoms with E-state index in [0.717, 1.165) is 5.56 Å². The van der Waals surface area contributed by atoms with E-state index in [-0.39, 0.29) is 25.1 Å². The maximum Gasteiger partial charge on any atom is 0.410 e. The van der Waals surface area contributed by atoms with Gasteiger partial charge in [0, 0.05) is 13.1 Å². The van der Waals surface area contributed by atoms with Gasteiger partial charge in [-0.25, -0.2) is 14.4 Å². The highest BCUT2D eigenvalue weighted by molar-refractivity contribution is 6.05. The molecule has 1 saturated carbocycles. The van der Waals surface area contributed by atoms with Gasteiger partial charge in [0.05, 0.1) is 7.11 Å². The number of nitrogens with two attached hydrogens (primary N) is 1. The molecule has 0 radical (unpaired) electrons. The summed E-state index contributed by atoms with van der Waals surface area (Å²) in [5.74, 6) is -2.48. The molecule has 10 heteroatoms. The number of rotatable bonds is 8. The number of ether oxygens (including phenoxy) is 3. The van der Waals surface area contributed by atoms with Crippen molar-refractivity contribution in [3.05, 3.63) is 35.9 Å². The Kier molecular flexibility index (Phi) is 9.64. The number of hydrogen-bond donors (Lipinski definition) is 2. The second kappa shape index (κ2) is 12.0. The normalized spacial score (nSPS) is 19.6. The third-order valence-corrected chi connectivity index (χ3v) is 5.89. The Balaban J connectivity index is 1.86. The Labute approximate surface area is 206 Å². The summed E-state index contributed by atoms with van der Waals surface area (Å²) >= 11 is 0. The summed E-state index contributed by atoms with van der Waals surface area (Å²) in [5, 5.41) is 2.90. The lowest BCUT2D eigenvalue weighted by Crippen LogP contribution is -2.63. The van der Waals surface area contributed by atoms with Crippen LogP contribution in [-0.4, -0.2) is 66.7 Å². The molecule has 10 nitrogen and oxygen atoms in total. The number of nitrogens with one attached hydrogen (secondary N) is 1. The van der Waals surface area contributed by atoms with Crippen molar-refractivity contribution in [1.29, 1.82) is 0 Å². The van der Waals surface area contributed by atoms with E-state index in [1.807, 2.05) is 30.3 Å². The summed E-state index contributed by atoms with van der Waals surface area (Å²) in [6, 6.07) is 9.08. The van der Waals surface area contributed by atoms with Crippen molar-refractivity contribution in [3.63, 3.8) is 0 Å². The molecule has 2 rings (SSSR count). The first kappa shape index (κ1) is 28.1. The smallest absolute Gasteiger partial charge is 0.410 e. The van der Waals surface area contributed by atoms with Gasteiger partial charge < -0.3 is 30.2 Å². The standard InChI is InChI=1S/C25H37N3O7/c1-24(2,3)35-22(31)25(26,21(30)33-5)18-11-13-19(14-12-18)27-20(29)15-28(4)23(32)34-16-17-9-7-6-8-10-17/h6-10,18-19H,11-16,26H2,1-5H3,(H,27,29)/t18-,19-,25-/m0/s1. The number of esters is 2. The molecule has 0 saturated heterocycles. The maximum atomic E-state index is 12.8. The van der Waals surface area contributed by atoms with Gasteiger partial charge in [-0.1, -0.05) is 30.3 Å². The summed E-state index contributed by atoms with van der Waals surface area (Å²) in [6.45, 7) is 5.05. The molecular weight excluding hydrogens is 454 g/mol. The van der Waals surface area contributed by atoms with Gasteiger partial charge in [0.2, 0.25) is 11.4 Å². The van der Waals surface area contributed by atoms with Crippen LogP contribution in [0.5, 0.6) is 0 Å². The molecule has 2 amide bonds. The SMILES string of the molecule is COC(=O)[C@](N)(C(=O)OC(C)(C)C)[C@H]1CC[C@H](NC(=O)CN(C)C(=O)OCc2ccccc2)CC1. The van der Waals surface area contributed by atoms with Crippen LogP contribution < -0.4 is 11.1 Å². The molecule has 35 heavy (non-hydrogen) atoms. The average Bonchev–Trinajstić information content (AvgIpc) is 2.81. The quantitative estimate of drug-likeness (QED) is 0.321. The molecule has 1 atom stereocenters. The topological polar surface area (TPSA) is 137 Å².